The van der Waals surface area contributed by atoms with Crippen molar-refractivity contribution in [3.8, 4) is 22.3 Å². The van der Waals surface area contributed by atoms with Crippen LogP contribution in [0.5, 0.6) is 0 Å². The van der Waals surface area contributed by atoms with Gasteiger partial charge in [0.2, 0.25) is 0 Å². The molecule has 6 aromatic carbocycles. The molecule has 4 nitrogen and oxygen atoms in total. The van der Waals surface area contributed by atoms with Gasteiger partial charge in [0.25, 0.3) is 0 Å². The van der Waals surface area contributed by atoms with Crippen LogP contribution in [0, 0.1) is 0 Å². The highest BCUT2D eigenvalue weighted by Gasteiger charge is 2.28. The second-order valence-corrected chi connectivity index (χ2v) is 20.4. The zero-order valence-electron chi connectivity index (χ0n) is 36.8. The Hall–Kier alpha value is -4.27. The molecule has 0 aromatic heterocycles. The summed E-state index contributed by atoms with van der Waals surface area (Å²) in [4.78, 5) is 15.5. The van der Waals surface area contributed by atoms with Gasteiger partial charge in [0.05, 0.1) is 40.7 Å². The quantitative estimate of drug-likeness (QED) is 0.0861. The minimum atomic E-state index is 0.0592. The molecule has 3 heterocycles. The fraction of sp³-hybridized carbons (Fsp3) is 0.345. The molecule has 62 heavy (non-hydrogen) atoms. The molecular weight excluding hydrogens is 815 g/mol. The summed E-state index contributed by atoms with van der Waals surface area (Å²) < 4.78 is 0. The van der Waals surface area contributed by atoms with Gasteiger partial charge in [-0.3, -0.25) is 0 Å². The average molecular weight is 876 g/mol. The van der Waals surface area contributed by atoms with E-state index in [-0.39, 0.29) is 6.61 Å². The first kappa shape index (κ1) is 43.0. The van der Waals surface area contributed by atoms with Crippen LogP contribution in [0.3, 0.4) is 0 Å². The molecule has 0 aliphatic carbocycles. The Bertz CT molecular complexity index is 2520. The van der Waals surface area contributed by atoms with Crippen molar-refractivity contribution in [2.24, 2.45) is 0 Å². The number of fused-ring (bicyclic) bond motifs is 6. The fourth-order valence-corrected chi connectivity index (χ4v) is 12.8. The Balaban J connectivity index is 1.02. The molecule has 0 bridgehead atoms. The van der Waals surface area contributed by atoms with Gasteiger partial charge in [-0.25, -0.2) is 0 Å². The lowest BCUT2D eigenvalue weighted by atomic mass is 10.0. The zero-order chi connectivity index (χ0) is 42.4. The van der Waals surface area contributed by atoms with Crippen molar-refractivity contribution < 1.29 is 5.11 Å². The van der Waals surface area contributed by atoms with Gasteiger partial charge in [0.1, 0.15) is 0 Å². The first-order valence-corrected chi connectivity index (χ1v) is 25.8. The summed E-state index contributed by atoms with van der Waals surface area (Å²) in [7, 11) is 0. The molecule has 1 N–H and O–H groups in total. The van der Waals surface area contributed by atoms with E-state index in [0.29, 0.717) is 0 Å². The van der Waals surface area contributed by atoms with E-state index < -0.39 is 0 Å². The Kier molecular flexibility index (Phi) is 13.9. The number of aliphatic hydroxyl groups excluding tert-OH is 1. The molecular formula is C55H61N3OS3. The lowest BCUT2D eigenvalue weighted by Crippen LogP contribution is -2.22. The van der Waals surface area contributed by atoms with Gasteiger partial charge in [-0.1, -0.05) is 156 Å². The molecule has 6 aromatic rings. The van der Waals surface area contributed by atoms with E-state index in [1.165, 1.54) is 163 Å². The van der Waals surface area contributed by atoms with Crippen LogP contribution >= 0.6 is 35.3 Å². The van der Waals surface area contributed by atoms with Gasteiger partial charge in [0, 0.05) is 49.0 Å². The predicted molar refractivity (Wildman–Crippen MR) is 268 cm³/mol. The van der Waals surface area contributed by atoms with E-state index in [0.717, 1.165) is 25.2 Å². The maximum absolute atomic E-state index is 10.0. The summed E-state index contributed by atoms with van der Waals surface area (Å²) in [5, 5.41) is 10.0. The van der Waals surface area contributed by atoms with Crippen LogP contribution < -0.4 is 14.7 Å². The molecule has 0 spiro atoms. The van der Waals surface area contributed by atoms with Gasteiger partial charge < -0.3 is 19.8 Å². The second kappa shape index (κ2) is 20.1. The summed E-state index contributed by atoms with van der Waals surface area (Å²) in [6.45, 7) is 9.99. The molecule has 3 aliphatic heterocycles. The highest BCUT2D eigenvalue weighted by Crippen LogP contribution is 2.54. The van der Waals surface area contributed by atoms with Crippen molar-refractivity contribution in [2.75, 3.05) is 34.3 Å². The second-order valence-electron chi connectivity index (χ2n) is 17.1. The van der Waals surface area contributed by atoms with E-state index in [1.54, 1.807) is 0 Å². The number of rotatable bonds is 18. The van der Waals surface area contributed by atoms with Crippen LogP contribution in [-0.2, 0) is 6.61 Å². The maximum atomic E-state index is 10.0. The van der Waals surface area contributed by atoms with E-state index in [4.69, 9.17) is 0 Å². The Morgan fingerprint density at radius 3 is 1.08 bits per heavy atom. The largest absolute Gasteiger partial charge is 0.392 e. The van der Waals surface area contributed by atoms with Gasteiger partial charge >= 0.3 is 0 Å². The average Bonchev–Trinajstić information content (AvgIpc) is 3.31. The van der Waals surface area contributed by atoms with Crippen LogP contribution in [-0.4, -0.2) is 24.7 Å². The number of nitrogens with zero attached hydrogens (tertiary/aromatic N) is 3. The third kappa shape index (κ3) is 9.06. The SMILES string of the molecule is CCCCCCN1c2ccccc2Sc2cc(-c3ccc4c(c3)Sc3cc(-c5ccc6c(c5)Sc5cc(CO)ccc5N6CCCCCC)ccc3N4CCCCCC)ccc21. The van der Waals surface area contributed by atoms with Gasteiger partial charge in [-0.05, 0) is 120 Å². The zero-order valence-corrected chi connectivity index (χ0v) is 39.2. The monoisotopic (exact) mass is 875 g/mol. The van der Waals surface area contributed by atoms with Crippen molar-refractivity contribution in [1.82, 2.24) is 0 Å². The van der Waals surface area contributed by atoms with Crippen LogP contribution in [0.1, 0.15) is 103 Å². The molecule has 0 saturated heterocycles. The highest BCUT2D eigenvalue weighted by molar-refractivity contribution is 8.00. The number of hydrogen-bond acceptors (Lipinski definition) is 7. The standard InChI is InChI=1S/C55H61N3OS3/c1-4-7-10-15-30-56-44-18-13-14-19-50(44)60-52-34-40(21-26-46(52)56)42-23-28-48-54(36-42)62-55-37-43(24-29-49(55)58(48)32-17-12-9-6-3)41-22-27-47-53(35-41)61-51-33-39(38-59)20-25-45(51)57(47)31-16-11-8-5-2/h13-14,18-29,33-37,59H,4-12,15-17,30-32,38H2,1-3H3. The number of unbranched alkanes of at least 4 members (excludes halogenated alkanes) is 9. The minimum Gasteiger partial charge on any atom is -0.392 e. The lowest BCUT2D eigenvalue weighted by molar-refractivity contribution is 0.281. The normalized spacial score (nSPS) is 13.6. The molecule has 0 unspecified atom stereocenters. The molecule has 3 aliphatic rings. The third-order valence-corrected chi connectivity index (χ3v) is 16.0. The highest BCUT2D eigenvalue weighted by atomic mass is 32.2. The first-order valence-electron chi connectivity index (χ1n) is 23.3. The summed E-state index contributed by atoms with van der Waals surface area (Å²) in [6, 6.07) is 43.9. The van der Waals surface area contributed by atoms with Crippen molar-refractivity contribution in [1.29, 1.82) is 0 Å². The minimum absolute atomic E-state index is 0.0592. The smallest absolute Gasteiger partial charge is 0.0682 e. The molecule has 0 radical (unpaired) electrons. The number of benzene rings is 6. The number of para-hydroxylation sites is 1. The lowest BCUT2D eigenvalue weighted by Gasteiger charge is -2.34. The molecule has 0 amide bonds. The van der Waals surface area contributed by atoms with Crippen molar-refractivity contribution in [2.45, 2.75) is 134 Å². The van der Waals surface area contributed by atoms with E-state index in [2.05, 4.69) is 151 Å². The molecule has 7 heteroatoms. The Morgan fingerprint density at radius 2 is 0.694 bits per heavy atom. The molecule has 0 saturated carbocycles. The Labute approximate surface area is 383 Å². The molecule has 0 fully saturated rings. The van der Waals surface area contributed by atoms with E-state index >= 15 is 0 Å². The van der Waals surface area contributed by atoms with Crippen molar-refractivity contribution in [3.05, 3.63) is 121 Å². The molecule has 9 rings (SSSR count). The maximum Gasteiger partial charge on any atom is 0.0682 e. The predicted octanol–water partition coefficient (Wildman–Crippen LogP) is 17.1. The summed E-state index contributed by atoms with van der Waals surface area (Å²) in [5.41, 5.74) is 13.9. The molecule has 320 valence electrons. The van der Waals surface area contributed by atoms with Crippen LogP contribution in [0.25, 0.3) is 22.3 Å². The topological polar surface area (TPSA) is 30.0 Å². The van der Waals surface area contributed by atoms with Gasteiger partial charge in [0.15, 0.2) is 0 Å². The van der Waals surface area contributed by atoms with E-state index in [9.17, 15) is 5.11 Å². The summed E-state index contributed by atoms with van der Waals surface area (Å²) >= 11 is 5.68. The van der Waals surface area contributed by atoms with Crippen LogP contribution in [0.2, 0.25) is 0 Å². The number of hydrogen-bond donors (Lipinski definition) is 1. The number of anilines is 6. The van der Waals surface area contributed by atoms with Gasteiger partial charge in [-0.15, -0.1) is 0 Å². The summed E-state index contributed by atoms with van der Waals surface area (Å²) in [6.07, 6.45) is 14.9. The van der Waals surface area contributed by atoms with Crippen LogP contribution in [0.15, 0.2) is 145 Å². The third-order valence-electron chi connectivity index (χ3n) is 12.7. The van der Waals surface area contributed by atoms with Crippen LogP contribution in [0.4, 0.5) is 34.1 Å². The summed E-state index contributed by atoms with van der Waals surface area (Å²) in [5.74, 6) is 0. The van der Waals surface area contributed by atoms with Crippen molar-refractivity contribution >= 4 is 69.4 Å². The number of aliphatic hydroxyl groups is 1. The van der Waals surface area contributed by atoms with Crippen molar-refractivity contribution in [3.63, 3.8) is 0 Å². The molecule has 0 atom stereocenters. The fourth-order valence-electron chi connectivity index (χ4n) is 9.28. The van der Waals surface area contributed by atoms with E-state index in [1.807, 2.05) is 35.3 Å². The van der Waals surface area contributed by atoms with Gasteiger partial charge in [-0.2, -0.15) is 0 Å². The first-order chi connectivity index (χ1) is 30.6. The Morgan fingerprint density at radius 1 is 0.355 bits per heavy atom.